The Morgan fingerprint density at radius 1 is 0.933 bits per heavy atom. The van der Waals surface area contributed by atoms with Crippen molar-refractivity contribution in [2.45, 2.75) is 27.7 Å². The summed E-state index contributed by atoms with van der Waals surface area (Å²) in [5.74, 6) is 0. The summed E-state index contributed by atoms with van der Waals surface area (Å²) in [6.07, 6.45) is 0. The van der Waals surface area contributed by atoms with Crippen LogP contribution in [0, 0.1) is 0 Å². The standard InChI is InChI=1S/C10H22O4Si/c1-6-11-15(12-7-2,13-8-3)14-9-10(4)5/h4,6-9H2,1-3,5H3. The van der Waals surface area contributed by atoms with Crippen molar-refractivity contribution >= 4 is 9.05 Å². The Kier molecular flexibility index (Phi) is 7.90. The van der Waals surface area contributed by atoms with Crippen LogP contribution >= 0.6 is 0 Å². The average molecular weight is 234 g/mol. The molecule has 0 saturated heterocycles. The molecule has 0 aliphatic rings. The first kappa shape index (κ1) is 14.8. The second kappa shape index (κ2) is 8.01. The maximum atomic E-state index is 5.59. The van der Waals surface area contributed by atoms with E-state index in [4.69, 9.17) is 17.7 Å². The van der Waals surface area contributed by atoms with E-state index in [0.29, 0.717) is 26.4 Å². The zero-order valence-corrected chi connectivity index (χ0v) is 11.2. The molecule has 15 heavy (non-hydrogen) atoms. The lowest BCUT2D eigenvalue weighted by molar-refractivity contribution is -0.0227. The fourth-order valence-electron chi connectivity index (χ4n) is 0.992. The van der Waals surface area contributed by atoms with Gasteiger partial charge in [-0.2, -0.15) is 0 Å². The first-order chi connectivity index (χ1) is 7.10. The summed E-state index contributed by atoms with van der Waals surface area (Å²) >= 11 is 0. The van der Waals surface area contributed by atoms with Crippen LogP contribution in [0.4, 0.5) is 0 Å². The van der Waals surface area contributed by atoms with Crippen molar-refractivity contribution in [2.24, 2.45) is 0 Å². The second-order valence-electron chi connectivity index (χ2n) is 3.04. The Morgan fingerprint density at radius 3 is 1.60 bits per heavy atom. The van der Waals surface area contributed by atoms with E-state index in [1.165, 1.54) is 0 Å². The molecule has 0 aromatic rings. The van der Waals surface area contributed by atoms with Gasteiger partial charge in [0, 0.05) is 19.8 Å². The van der Waals surface area contributed by atoms with E-state index in [1.807, 2.05) is 27.7 Å². The third-order valence-electron chi connectivity index (χ3n) is 1.46. The highest BCUT2D eigenvalue weighted by Gasteiger charge is 2.44. The fourth-order valence-corrected chi connectivity index (χ4v) is 2.98. The highest BCUT2D eigenvalue weighted by atomic mass is 28.4. The number of hydrogen-bond acceptors (Lipinski definition) is 4. The molecule has 0 atom stereocenters. The maximum absolute atomic E-state index is 5.59. The van der Waals surface area contributed by atoms with Gasteiger partial charge in [0.1, 0.15) is 0 Å². The van der Waals surface area contributed by atoms with Crippen LogP contribution in [0.2, 0.25) is 0 Å². The van der Waals surface area contributed by atoms with Gasteiger partial charge in [-0.1, -0.05) is 12.2 Å². The summed E-state index contributed by atoms with van der Waals surface area (Å²) in [6, 6.07) is 0. The van der Waals surface area contributed by atoms with Gasteiger partial charge in [0.05, 0.1) is 6.61 Å². The van der Waals surface area contributed by atoms with Crippen LogP contribution in [-0.4, -0.2) is 35.5 Å². The first-order valence-corrected chi connectivity index (χ1v) is 6.93. The molecule has 0 saturated carbocycles. The van der Waals surface area contributed by atoms with Crippen molar-refractivity contribution in [2.75, 3.05) is 26.4 Å². The molecule has 0 fully saturated rings. The SMILES string of the molecule is C=C(C)CO[Si](OCC)(OCC)OCC. The fraction of sp³-hybridized carbons (Fsp3) is 0.800. The van der Waals surface area contributed by atoms with Gasteiger partial charge >= 0.3 is 9.05 Å². The minimum atomic E-state index is -2.92. The minimum absolute atomic E-state index is 0.409. The van der Waals surface area contributed by atoms with Crippen molar-refractivity contribution in [1.29, 1.82) is 0 Å². The highest BCUT2D eigenvalue weighted by Crippen LogP contribution is 2.12. The third-order valence-corrected chi connectivity index (χ3v) is 3.88. The Morgan fingerprint density at radius 2 is 1.33 bits per heavy atom. The lowest BCUT2D eigenvalue weighted by Gasteiger charge is -2.26. The number of hydrogen-bond donors (Lipinski definition) is 0. The highest BCUT2D eigenvalue weighted by molar-refractivity contribution is 6.53. The molecular weight excluding hydrogens is 212 g/mol. The largest absolute Gasteiger partial charge is 0.679 e. The Balaban J connectivity index is 4.37. The Bertz CT molecular complexity index is 167. The second-order valence-corrected chi connectivity index (χ2v) is 5.20. The van der Waals surface area contributed by atoms with E-state index >= 15 is 0 Å². The van der Waals surface area contributed by atoms with Gasteiger partial charge < -0.3 is 17.7 Å². The van der Waals surface area contributed by atoms with Gasteiger partial charge in [-0.25, -0.2) is 0 Å². The van der Waals surface area contributed by atoms with Crippen LogP contribution < -0.4 is 0 Å². The molecule has 4 nitrogen and oxygen atoms in total. The van der Waals surface area contributed by atoms with Gasteiger partial charge in [0.25, 0.3) is 0 Å². The topological polar surface area (TPSA) is 36.9 Å². The van der Waals surface area contributed by atoms with E-state index in [2.05, 4.69) is 6.58 Å². The van der Waals surface area contributed by atoms with E-state index in [1.54, 1.807) is 0 Å². The lowest BCUT2D eigenvalue weighted by atomic mass is 10.4. The van der Waals surface area contributed by atoms with Crippen LogP contribution in [0.15, 0.2) is 12.2 Å². The molecule has 5 heteroatoms. The van der Waals surface area contributed by atoms with Crippen LogP contribution in [0.25, 0.3) is 0 Å². The molecular formula is C10H22O4Si. The third kappa shape index (κ3) is 6.06. The van der Waals surface area contributed by atoms with Crippen molar-refractivity contribution in [3.63, 3.8) is 0 Å². The molecule has 0 radical (unpaired) electrons. The van der Waals surface area contributed by atoms with Gasteiger partial charge in [0.15, 0.2) is 0 Å². The van der Waals surface area contributed by atoms with Crippen LogP contribution in [0.5, 0.6) is 0 Å². The zero-order valence-electron chi connectivity index (χ0n) is 10.2. The van der Waals surface area contributed by atoms with Crippen LogP contribution in [0.1, 0.15) is 27.7 Å². The molecule has 0 N–H and O–H groups in total. The first-order valence-electron chi connectivity index (χ1n) is 5.30. The van der Waals surface area contributed by atoms with E-state index in [-0.39, 0.29) is 0 Å². The van der Waals surface area contributed by atoms with Crippen molar-refractivity contribution in [1.82, 2.24) is 0 Å². The summed E-state index contributed by atoms with van der Waals surface area (Å²) in [7, 11) is -2.92. The van der Waals surface area contributed by atoms with Crippen LogP contribution in [0.3, 0.4) is 0 Å². The van der Waals surface area contributed by atoms with Crippen molar-refractivity contribution < 1.29 is 17.7 Å². The summed E-state index contributed by atoms with van der Waals surface area (Å²) in [5.41, 5.74) is 0.922. The van der Waals surface area contributed by atoms with Gasteiger partial charge in [-0.3, -0.25) is 0 Å². The van der Waals surface area contributed by atoms with E-state index < -0.39 is 9.05 Å². The monoisotopic (exact) mass is 234 g/mol. The van der Waals surface area contributed by atoms with Gasteiger partial charge in [-0.15, -0.1) is 0 Å². The molecule has 0 aliphatic carbocycles. The zero-order chi connectivity index (χ0) is 11.7. The molecule has 0 heterocycles. The molecule has 0 rings (SSSR count). The molecule has 0 unspecified atom stereocenters. The minimum Gasteiger partial charge on any atom is -0.351 e. The maximum Gasteiger partial charge on any atom is 0.679 e. The van der Waals surface area contributed by atoms with Crippen molar-refractivity contribution in [3.05, 3.63) is 12.2 Å². The number of rotatable bonds is 9. The van der Waals surface area contributed by atoms with Gasteiger partial charge in [0.2, 0.25) is 0 Å². The molecule has 0 amide bonds. The average Bonchev–Trinajstić information content (AvgIpc) is 2.16. The summed E-state index contributed by atoms with van der Waals surface area (Å²) in [6.45, 7) is 13.3. The Hall–Kier alpha value is -0.203. The lowest BCUT2D eigenvalue weighted by Crippen LogP contribution is -2.49. The summed E-state index contributed by atoms with van der Waals surface area (Å²) in [4.78, 5) is 0. The molecule has 0 aliphatic heterocycles. The molecule has 0 spiro atoms. The van der Waals surface area contributed by atoms with E-state index in [0.717, 1.165) is 5.57 Å². The Labute approximate surface area is 93.7 Å². The molecule has 90 valence electrons. The van der Waals surface area contributed by atoms with E-state index in [9.17, 15) is 0 Å². The predicted octanol–water partition coefficient (Wildman–Crippen LogP) is 2.12. The predicted molar refractivity (Wildman–Crippen MR) is 61.4 cm³/mol. The molecule has 0 aromatic carbocycles. The van der Waals surface area contributed by atoms with Gasteiger partial charge in [-0.05, 0) is 27.7 Å². The van der Waals surface area contributed by atoms with Crippen LogP contribution in [-0.2, 0) is 17.7 Å². The smallest absolute Gasteiger partial charge is 0.351 e. The summed E-state index contributed by atoms with van der Waals surface area (Å²) < 4.78 is 22.1. The molecule has 0 aromatic heterocycles. The normalized spacial score (nSPS) is 11.7. The summed E-state index contributed by atoms with van der Waals surface area (Å²) in [5, 5.41) is 0. The molecule has 0 bridgehead atoms. The van der Waals surface area contributed by atoms with Crippen molar-refractivity contribution in [3.8, 4) is 0 Å². The quantitative estimate of drug-likeness (QED) is 0.452.